The van der Waals surface area contributed by atoms with Crippen LogP contribution in [0.4, 0.5) is 0 Å². The third-order valence-electron chi connectivity index (χ3n) is 9.60. The van der Waals surface area contributed by atoms with E-state index >= 15 is 0 Å². The summed E-state index contributed by atoms with van der Waals surface area (Å²) in [5, 5.41) is 0. The van der Waals surface area contributed by atoms with Crippen molar-refractivity contribution in [2.75, 3.05) is 0 Å². The predicted molar refractivity (Wildman–Crippen MR) is 209 cm³/mol. The number of aryl methyl sites for hydroxylation is 4. The van der Waals surface area contributed by atoms with Gasteiger partial charge in [-0.25, -0.2) is 4.70 Å². The Labute approximate surface area is 304 Å². The van der Waals surface area contributed by atoms with Gasteiger partial charge < -0.3 is 5.53 Å². The second-order valence-electron chi connectivity index (χ2n) is 14.0. The molecule has 3 rings (SSSR count). The van der Waals surface area contributed by atoms with Crippen LogP contribution in [0.3, 0.4) is 0 Å². The predicted octanol–water partition coefficient (Wildman–Crippen LogP) is 14.9. The minimum absolute atomic E-state index is 1.02. The summed E-state index contributed by atoms with van der Waals surface area (Å²) < 4.78 is 1.65. The van der Waals surface area contributed by atoms with E-state index in [0.29, 0.717) is 0 Å². The Balaban J connectivity index is 0.00000257. The molecule has 0 aromatic heterocycles. The Morgan fingerprint density at radius 2 is 0.688 bits per heavy atom. The van der Waals surface area contributed by atoms with Crippen LogP contribution in [0.2, 0.25) is 11.8 Å². The second kappa shape index (κ2) is 25.0. The van der Waals surface area contributed by atoms with E-state index in [4.69, 9.17) is 0 Å². The summed E-state index contributed by atoms with van der Waals surface area (Å²) in [5.74, 6) is 4.12. The summed E-state index contributed by atoms with van der Waals surface area (Å²) in [6.07, 6.45) is 24.7. The van der Waals surface area contributed by atoms with Crippen molar-refractivity contribution in [1.82, 2.24) is 0 Å². The molecule has 0 amide bonds. The van der Waals surface area contributed by atoms with Crippen molar-refractivity contribution in [3.63, 3.8) is 0 Å². The van der Waals surface area contributed by atoms with E-state index in [1.165, 1.54) is 128 Å². The molecule has 1 aliphatic rings. The molecule has 0 aliphatic carbocycles. The average molecular weight is 700 g/mol. The zero-order valence-corrected chi connectivity index (χ0v) is 33.5. The van der Waals surface area contributed by atoms with Gasteiger partial charge in [-0.05, 0) is 124 Å². The van der Waals surface area contributed by atoms with Crippen LogP contribution in [-0.2, 0) is 40.1 Å². The first-order valence-corrected chi connectivity index (χ1v) is 21.8. The molecule has 3 heteroatoms. The maximum atomic E-state index is 12.4. The first-order valence-electron chi connectivity index (χ1n) is 19.9. The Bertz CT molecular complexity index is 1280. The summed E-state index contributed by atoms with van der Waals surface area (Å²) in [4.78, 5) is 0. The molecule has 0 atom stereocenters. The van der Waals surface area contributed by atoms with Crippen LogP contribution in [0.1, 0.15) is 184 Å². The van der Waals surface area contributed by atoms with Crippen LogP contribution in [0, 0.1) is 0 Å². The first-order chi connectivity index (χ1) is 23.4. The molecule has 0 saturated carbocycles. The van der Waals surface area contributed by atoms with Gasteiger partial charge in [0.1, 0.15) is 0 Å². The van der Waals surface area contributed by atoms with Gasteiger partial charge in [-0.15, -0.1) is 0 Å². The second-order valence-corrected chi connectivity index (χ2v) is 15.0. The molecule has 0 N–H and O–H groups in total. The molecular weight excluding hydrogens is 627 g/mol. The van der Waals surface area contributed by atoms with Gasteiger partial charge in [0, 0.05) is 22.3 Å². The number of unbranched alkanes of at least 4 members (excludes halogenated alkanes) is 9. The van der Waals surface area contributed by atoms with Gasteiger partial charge in [0.2, 0.25) is 11.4 Å². The monoisotopic (exact) mass is 699 g/mol. The minimum atomic E-state index is 1.02. The molecule has 2 aromatic rings. The van der Waals surface area contributed by atoms with Gasteiger partial charge >= 0.3 is 26.2 Å². The fourth-order valence-electron chi connectivity index (χ4n) is 6.99. The van der Waals surface area contributed by atoms with Crippen molar-refractivity contribution in [1.29, 1.82) is 0 Å². The Morgan fingerprint density at radius 3 is 1.02 bits per heavy atom. The molecule has 0 saturated heterocycles. The molecule has 0 fully saturated rings. The van der Waals surface area contributed by atoms with E-state index in [2.05, 4.69) is 89.7 Å². The molecule has 0 bridgehead atoms. The van der Waals surface area contributed by atoms with Gasteiger partial charge in [0.15, 0.2) is 0 Å². The van der Waals surface area contributed by atoms with Crippen LogP contribution in [-0.4, -0.2) is 4.70 Å². The topological polar surface area (TPSA) is 25.3 Å². The van der Waals surface area contributed by atoms with E-state index < -0.39 is 0 Å². The van der Waals surface area contributed by atoms with E-state index in [1.807, 2.05) is 0 Å². The third kappa shape index (κ3) is 13.7. The molecule has 2 aromatic carbocycles. The Hall–Kier alpha value is -1.99. The summed E-state index contributed by atoms with van der Waals surface area (Å²) in [7, 11) is 0. The molecule has 48 heavy (non-hydrogen) atoms. The number of benzene rings is 2. The molecular formula is C45H72N2Ni. The van der Waals surface area contributed by atoms with Crippen LogP contribution >= 0.6 is 0 Å². The zero-order chi connectivity index (χ0) is 35.1. The number of hydrogen-bond donors (Lipinski definition) is 0. The van der Waals surface area contributed by atoms with E-state index in [0.717, 1.165) is 62.8 Å². The van der Waals surface area contributed by atoms with Crippen molar-refractivity contribution in [2.45, 2.75) is 188 Å². The van der Waals surface area contributed by atoms with Crippen LogP contribution in [0.15, 0.2) is 47.5 Å². The SMILES string of the molecule is CCCCCC1=C(c2cc(CCCC)cc(CCCCC)c2)[N+](=[N-])C(c2cc(CCCC)cc(CCCCC)c2)=C1CCCC.[CH3][Ni][CH3]. The quantitative estimate of drug-likeness (QED) is 0.0627. The molecule has 1 aliphatic heterocycles. The van der Waals surface area contributed by atoms with Crippen LogP contribution in [0.5, 0.6) is 0 Å². The number of allylic oxidation sites excluding steroid dienone is 2. The molecule has 1 heterocycles. The normalized spacial score (nSPS) is 13.1. The fraction of sp³-hybridized carbons (Fsp3) is 0.644. The molecule has 0 radical (unpaired) electrons. The van der Waals surface area contributed by atoms with Crippen LogP contribution < -0.4 is 0 Å². The van der Waals surface area contributed by atoms with Gasteiger partial charge in [0.05, 0.1) is 0 Å². The summed E-state index contributed by atoms with van der Waals surface area (Å²) in [6.45, 7) is 13.7. The third-order valence-corrected chi connectivity index (χ3v) is 9.60. The van der Waals surface area contributed by atoms with Crippen molar-refractivity contribution in [3.05, 3.63) is 86.5 Å². The number of rotatable bonds is 23. The summed E-state index contributed by atoms with van der Waals surface area (Å²) >= 11 is 1.62. The maximum absolute atomic E-state index is 12.4. The summed E-state index contributed by atoms with van der Waals surface area (Å²) in [5.41, 5.74) is 25.5. The van der Waals surface area contributed by atoms with Gasteiger partial charge in [-0.1, -0.05) is 111 Å². The van der Waals surface area contributed by atoms with Crippen molar-refractivity contribution >= 4 is 11.4 Å². The van der Waals surface area contributed by atoms with Crippen molar-refractivity contribution < 1.29 is 19.1 Å². The zero-order valence-electron chi connectivity index (χ0n) is 32.5. The molecule has 2 nitrogen and oxygen atoms in total. The Morgan fingerprint density at radius 1 is 0.417 bits per heavy atom. The van der Waals surface area contributed by atoms with Gasteiger partial charge in [-0.2, -0.15) is 0 Å². The Kier molecular flexibility index (Phi) is 22.0. The van der Waals surface area contributed by atoms with Gasteiger partial charge in [-0.3, -0.25) is 0 Å². The van der Waals surface area contributed by atoms with E-state index in [9.17, 15) is 5.53 Å². The van der Waals surface area contributed by atoms with E-state index in [1.54, 1.807) is 19.1 Å². The first kappa shape index (κ1) is 42.2. The van der Waals surface area contributed by atoms with Crippen molar-refractivity contribution in [2.24, 2.45) is 0 Å². The van der Waals surface area contributed by atoms with Crippen molar-refractivity contribution in [3.8, 4) is 0 Å². The standard InChI is InChI=1S/C43H66N2.2CH3.Ni/c1-7-13-19-24-36-28-34(22-16-10-4)30-38(32-36)42-40(26-18-12-6)41(27-21-15-9-3)43(45(42)44)39-31-35(23-17-11-5)29-37(33-39)25-20-14-8-2;;;/h28-33H,7-27H2,1-6H3;2*1H3;. The molecule has 0 spiro atoms. The van der Waals surface area contributed by atoms with Crippen LogP contribution in [0.25, 0.3) is 16.9 Å². The van der Waals surface area contributed by atoms with E-state index in [-0.39, 0.29) is 0 Å². The molecule has 0 unspecified atom stereocenters. The van der Waals surface area contributed by atoms with Gasteiger partial charge in [0.25, 0.3) is 0 Å². The molecule has 272 valence electrons. The summed E-state index contributed by atoms with van der Waals surface area (Å²) in [6, 6.07) is 14.5. The number of hydrogen-bond acceptors (Lipinski definition) is 0. The fourth-order valence-corrected chi connectivity index (χ4v) is 6.99. The number of nitrogens with zero attached hydrogens (tertiary/aromatic N) is 2. The average Bonchev–Trinajstić information content (AvgIpc) is 3.36.